The van der Waals surface area contributed by atoms with Crippen LogP contribution in [0.4, 0.5) is 0 Å². The average molecular weight is 261 g/mol. The van der Waals surface area contributed by atoms with Gasteiger partial charge in [0, 0.05) is 0 Å². The van der Waals surface area contributed by atoms with E-state index in [1.165, 1.54) is 0 Å². The summed E-state index contributed by atoms with van der Waals surface area (Å²) in [5.41, 5.74) is 5.58. The molecule has 0 amide bonds. The molecule has 0 radical (unpaired) electrons. The number of ether oxygens (including phenoxy) is 1. The lowest BCUT2D eigenvalue weighted by atomic mass is 9.98. The van der Waals surface area contributed by atoms with Gasteiger partial charge in [-0.1, -0.05) is 42.5 Å². The molecule has 1 aromatic carbocycles. The molecule has 19 heavy (non-hydrogen) atoms. The van der Waals surface area contributed by atoms with Crippen molar-refractivity contribution in [1.82, 2.24) is 0 Å². The zero-order chi connectivity index (χ0) is 14.5. The summed E-state index contributed by atoms with van der Waals surface area (Å²) < 4.78 is 5.31. The maximum Gasteiger partial charge on any atom is 0.326 e. The molecule has 0 aliphatic heterocycles. The SMILES string of the molecule is CC(C)(C)OC(=O)C(C)(N)C/C=C/c1ccccc1. The Labute approximate surface area is 115 Å². The monoisotopic (exact) mass is 261 g/mol. The minimum Gasteiger partial charge on any atom is -0.459 e. The third-order valence-corrected chi connectivity index (χ3v) is 2.52. The van der Waals surface area contributed by atoms with Crippen molar-refractivity contribution in [3.05, 3.63) is 42.0 Å². The number of hydrogen-bond acceptors (Lipinski definition) is 3. The van der Waals surface area contributed by atoms with Crippen LogP contribution in [0.3, 0.4) is 0 Å². The molecule has 0 fully saturated rings. The standard InChI is InChI=1S/C16H23NO2/c1-15(2,3)19-14(18)16(4,17)12-8-11-13-9-6-5-7-10-13/h5-11H,12,17H2,1-4H3/b11-8+. The Bertz CT molecular complexity index is 442. The van der Waals surface area contributed by atoms with Crippen molar-refractivity contribution >= 4 is 12.0 Å². The van der Waals surface area contributed by atoms with Gasteiger partial charge in [-0.15, -0.1) is 0 Å². The first-order valence-electron chi connectivity index (χ1n) is 6.45. The number of benzene rings is 1. The fourth-order valence-corrected chi connectivity index (χ4v) is 1.48. The number of carbonyl (C=O) groups is 1. The fourth-order valence-electron chi connectivity index (χ4n) is 1.48. The van der Waals surface area contributed by atoms with Crippen LogP contribution >= 0.6 is 0 Å². The first-order chi connectivity index (χ1) is 8.71. The number of hydrogen-bond donors (Lipinski definition) is 1. The smallest absolute Gasteiger partial charge is 0.326 e. The van der Waals surface area contributed by atoms with Gasteiger partial charge in [0.2, 0.25) is 0 Å². The molecule has 3 heteroatoms. The normalized spacial score (nSPS) is 15.2. The van der Waals surface area contributed by atoms with Gasteiger partial charge in [0.1, 0.15) is 11.1 Å². The second kappa shape index (κ2) is 6.02. The maximum atomic E-state index is 11.9. The molecular formula is C16H23NO2. The van der Waals surface area contributed by atoms with Crippen LogP contribution in [0, 0.1) is 0 Å². The molecular weight excluding hydrogens is 238 g/mol. The van der Waals surface area contributed by atoms with Gasteiger partial charge in [-0.3, -0.25) is 4.79 Å². The maximum absolute atomic E-state index is 11.9. The van der Waals surface area contributed by atoms with Gasteiger partial charge in [-0.05, 0) is 39.7 Å². The third-order valence-electron chi connectivity index (χ3n) is 2.52. The summed E-state index contributed by atoms with van der Waals surface area (Å²) in [7, 11) is 0. The van der Waals surface area contributed by atoms with Crippen LogP contribution in [0.5, 0.6) is 0 Å². The minimum atomic E-state index is -1.00. The van der Waals surface area contributed by atoms with Crippen molar-refractivity contribution in [3.63, 3.8) is 0 Å². The van der Waals surface area contributed by atoms with Gasteiger partial charge in [-0.25, -0.2) is 0 Å². The van der Waals surface area contributed by atoms with Gasteiger partial charge < -0.3 is 10.5 Å². The zero-order valence-corrected chi connectivity index (χ0v) is 12.1. The van der Waals surface area contributed by atoms with E-state index in [9.17, 15) is 4.79 Å². The Kier molecular flexibility index (Phi) is 4.90. The summed E-state index contributed by atoms with van der Waals surface area (Å²) >= 11 is 0. The number of rotatable bonds is 4. The summed E-state index contributed by atoms with van der Waals surface area (Å²) in [6, 6.07) is 9.89. The van der Waals surface area contributed by atoms with Gasteiger partial charge in [0.15, 0.2) is 0 Å². The van der Waals surface area contributed by atoms with E-state index in [-0.39, 0.29) is 5.97 Å². The van der Waals surface area contributed by atoms with Crippen LogP contribution in [0.2, 0.25) is 0 Å². The average Bonchev–Trinajstić information content (AvgIpc) is 2.28. The third kappa shape index (κ3) is 5.71. The van der Waals surface area contributed by atoms with Crippen molar-refractivity contribution in [2.75, 3.05) is 0 Å². The summed E-state index contributed by atoms with van der Waals surface area (Å²) in [5.74, 6) is -0.377. The Hall–Kier alpha value is -1.61. The molecule has 3 nitrogen and oxygen atoms in total. The van der Waals surface area contributed by atoms with E-state index in [1.54, 1.807) is 6.92 Å². The van der Waals surface area contributed by atoms with Crippen LogP contribution in [0.1, 0.15) is 39.7 Å². The van der Waals surface area contributed by atoms with Gasteiger partial charge >= 0.3 is 5.97 Å². The largest absolute Gasteiger partial charge is 0.459 e. The van der Waals surface area contributed by atoms with Crippen LogP contribution < -0.4 is 5.73 Å². The van der Waals surface area contributed by atoms with Gasteiger partial charge in [-0.2, -0.15) is 0 Å². The van der Waals surface area contributed by atoms with Crippen molar-refractivity contribution < 1.29 is 9.53 Å². The molecule has 2 N–H and O–H groups in total. The van der Waals surface area contributed by atoms with Crippen molar-refractivity contribution in [2.45, 2.75) is 45.3 Å². The van der Waals surface area contributed by atoms with Crippen LogP contribution in [0.25, 0.3) is 6.08 Å². The summed E-state index contributed by atoms with van der Waals surface area (Å²) in [6.07, 6.45) is 4.30. The van der Waals surface area contributed by atoms with Crippen LogP contribution in [-0.4, -0.2) is 17.1 Å². The summed E-state index contributed by atoms with van der Waals surface area (Å²) in [6.45, 7) is 7.19. The highest BCUT2D eigenvalue weighted by molar-refractivity contribution is 5.80. The number of nitrogens with two attached hydrogens (primary N) is 1. The minimum absolute atomic E-state index is 0.377. The molecule has 0 aliphatic carbocycles. The van der Waals surface area contributed by atoms with Gasteiger partial charge in [0.05, 0.1) is 0 Å². The molecule has 104 valence electrons. The van der Waals surface area contributed by atoms with Crippen molar-refractivity contribution in [2.24, 2.45) is 5.73 Å². The summed E-state index contributed by atoms with van der Waals surface area (Å²) in [4.78, 5) is 11.9. The second-order valence-electron chi connectivity index (χ2n) is 5.94. The Balaban J connectivity index is 2.60. The highest BCUT2D eigenvalue weighted by Gasteiger charge is 2.31. The van der Waals surface area contributed by atoms with E-state index in [1.807, 2.05) is 63.3 Å². The zero-order valence-electron chi connectivity index (χ0n) is 12.1. The van der Waals surface area contributed by atoms with E-state index >= 15 is 0 Å². The molecule has 0 bridgehead atoms. The van der Waals surface area contributed by atoms with E-state index in [0.717, 1.165) is 5.56 Å². The van der Waals surface area contributed by atoms with Crippen LogP contribution in [-0.2, 0) is 9.53 Å². The quantitative estimate of drug-likeness (QED) is 0.847. The number of esters is 1. The first kappa shape index (κ1) is 15.4. The molecule has 0 aromatic heterocycles. The topological polar surface area (TPSA) is 52.3 Å². The lowest BCUT2D eigenvalue weighted by Crippen LogP contribution is -2.48. The summed E-state index contributed by atoms with van der Waals surface area (Å²) in [5, 5.41) is 0. The predicted molar refractivity (Wildman–Crippen MR) is 78.5 cm³/mol. The molecule has 1 aromatic rings. The molecule has 0 saturated carbocycles. The molecule has 0 aliphatic rings. The van der Waals surface area contributed by atoms with E-state index in [2.05, 4.69) is 0 Å². The van der Waals surface area contributed by atoms with Crippen molar-refractivity contribution in [3.8, 4) is 0 Å². The van der Waals surface area contributed by atoms with Gasteiger partial charge in [0.25, 0.3) is 0 Å². The van der Waals surface area contributed by atoms with Crippen LogP contribution in [0.15, 0.2) is 36.4 Å². The first-order valence-corrected chi connectivity index (χ1v) is 6.45. The predicted octanol–water partition coefficient (Wildman–Crippen LogP) is 3.15. The van der Waals surface area contributed by atoms with E-state index < -0.39 is 11.1 Å². The van der Waals surface area contributed by atoms with Crippen molar-refractivity contribution in [1.29, 1.82) is 0 Å². The fraction of sp³-hybridized carbons (Fsp3) is 0.438. The second-order valence-corrected chi connectivity index (χ2v) is 5.94. The number of carbonyl (C=O) groups excluding carboxylic acids is 1. The highest BCUT2D eigenvalue weighted by atomic mass is 16.6. The van der Waals surface area contributed by atoms with E-state index in [4.69, 9.17) is 10.5 Å². The molecule has 0 saturated heterocycles. The Morgan fingerprint density at radius 2 is 1.79 bits per heavy atom. The molecule has 1 rings (SSSR count). The lowest BCUT2D eigenvalue weighted by molar-refractivity contribution is -0.160. The lowest BCUT2D eigenvalue weighted by Gasteiger charge is -2.27. The van der Waals surface area contributed by atoms with E-state index in [0.29, 0.717) is 6.42 Å². The molecule has 0 heterocycles. The Morgan fingerprint density at radius 1 is 1.21 bits per heavy atom. The highest BCUT2D eigenvalue weighted by Crippen LogP contribution is 2.16. The molecule has 1 unspecified atom stereocenters. The molecule has 0 spiro atoms. The molecule has 1 atom stereocenters. The Morgan fingerprint density at radius 3 is 2.32 bits per heavy atom.